The van der Waals surface area contributed by atoms with E-state index in [0.29, 0.717) is 29.7 Å². The fourth-order valence-corrected chi connectivity index (χ4v) is 2.38. The van der Waals surface area contributed by atoms with Crippen molar-refractivity contribution in [1.82, 2.24) is 19.3 Å². The lowest BCUT2D eigenvalue weighted by molar-refractivity contribution is -0.138. The molecule has 0 N–H and O–H groups in total. The number of aryl methyl sites for hydroxylation is 2. The summed E-state index contributed by atoms with van der Waals surface area (Å²) >= 11 is 0. The van der Waals surface area contributed by atoms with Crippen molar-refractivity contribution in [3.8, 4) is 11.6 Å². The first-order valence-electron chi connectivity index (χ1n) is 7.56. The molecule has 9 heteroatoms. The number of rotatable bonds is 4. The average Bonchev–Trinajstić information content (AvgIpc) is 3.14. The maximum absolute atomic E-state index is 12.9. The highest BCUT2D eigenvalue weighted by atomic mass is 19.4. The molecule has 0 aromatic carbocycles. The van der Waals surface area contributed by atoms with Gasteiger partial charge < -0.3 is 8.98 Å². The van der Waals surface area contributed by atoms with Crippen LogP contribution >= 0.6 is 0 Å². The number of pyridine rings is 1. The molecular weight excluding hydrogens is 337 g/mol. The summed E-state index contributed by atoms with van der Waals surface area (Å²) in [6.45, 7) is 3.94. The van der Waals surface area contributed by atoms with Gasteiger partial charge in [0.2, 0.25) is 5.82 Å². The highest BCUT2D eigenvalue weighted by Gasteiger charge is 2.31. The van der Waals surface area contributed by atoms with E-state index < -0.39 is 17.3 Å². The quantitative estimate of drug-likeness (QED) is 0.724. The molecule has 0 spiro atoms. The number of aromatic nitrogens is 4. The third-order valence-electron chi connectivity index (χ3n) is 3.63. The molecular formula is C16H15F3N4O2. The zero-order valence-corrected chi connectivity index (χ0v) is 13.5. The van der Waals surface area contributed by atoms with Crippen LogP contribution in [0.1, 0.15) is 24.1 Å². The first-order valence-corrected chi connectivity index (χ1v) is 7.56. The highest BCUT2D eigenvalue weighted by molar-refractivity contribution is 5.46. The van der Waals surface area contributed by atoms with Gasteiger partial charge in [0.05, 0.1) is 12.1 Å². The van der Waals surface area contributed by atoms with Crippen molar-refractivity contribution >= 4 is 0 Å². The van der Waals surface area contributed by atoms with E-state index >= 15 is 0 Å². The van der Waals surface area contributed by atoms with Crippen molar-refractivity contribution < 1.29 is 17.6 Å². The summed E-state index contributed by atoms with van der Waals surface area (Å²) in [7, 11) is 0. The molecule has 0 aliphatic carbocycles. The summed E-state index contributed by atoms with van der Waals surface area (Å²) in [5.41, 5.74) is -1.44. The monoisotopic (exact) mass is 352 g/mol. The van der Waals surface area contributed by atoms with Gasteiger partial charge in [0.1, 0.15) is 11.6 Å². The van der Waals surface area contributed by atoms with Crippen molar-refractivity contribution in [2.24, 2.45) is 0 Å². The maximum Gasteiger partial charge on any atom is 0.417 e. The van der Waals surface area contributed by atoms with Gasteiger partial charge in [-0.1, -0.05) is 0 Å². The minimum Gasteiger partial charge on any atom is -0.458 e. The third-order valence-corrected chi connectivity index (χ3v) is 3.63. The lowest BCUT2D eigenvalue weighted by atomic mass is 10.3. The molecule has 3 aromatic rings. The number of hydrogen-bond acceptors (Lipinski definition) is 4. The van der Waals surface area contributed by atoms with E-state index in [1.807, 2.05) is 6.92 Å². The van der Waals surface area contributed by atoms with Crippen molar-refractivity contribution in [2.75, 3.05) is 0 Å². The van der Waals surface area contributed by atoms with E-state index in [4.69, 9.17) is 4.42 Å². The Labute approximate surface area is 140 Å². The molecule has 0 fully saturated rings. The summed E-state index contributed by atoms with van der Waals surface area (Å²) in [6, 6.07) is 5.14. The third kappa shape index (κ3) is 3.49. The number of alkyl halides is 3. The molecule has 0 amide bonds. The average molecular weight is 352 g/mol. The van der Waals surface area contributed by atoms with Crippen molar-refractivity contribution in [3.63, 3.8) is 0 Å². The van der Waals surface area contributed by atoms with E-state index in [1.165, 1.54) is 4.68 Å². The second-order valence-electron chi connectivity index (χ2n) is 5.46. The van der Waals surface area contributed by atoms with E-state index in [9.17, 15) is 18.0 Å². The Balaban J connectivity index is 1.98. The van der Waals surface area contributed by atoms with Crippen LogP contribution in [0.3, 0.4) is 0 Å². The second kappa shape index (κ2) is 6.23. The number of halogens is 3. The Kier molecular flexibility index (Phi) is 4.23. The van der Waals surface area contributed by atoms with Gasteiger partial charge in [-0.15, -0.1) is 5.10 Å². The molecule has 0 saturated carbocycles. The van der Waals surface area contributed by atoms with Crippen molar-refractivity contribution in [3.05, 3.63) is 58.0 Å². The standard InChI is InChI=1S/C16H15F3N4O2/c1-3-23-13(20-15(21-23)12-6-4-10(2)25-12)9-22-8-11(16(17,18)19)5-7-14(22)24/h4-8H,3,9H2,1-2H3. The predicted molar refractivity (Wildman–Crippen MR) is 82.9 cm³/mol. The van der Waals surface area contributed by atoms with Gasteiger partial charge >= 0.3 is 6.18 Å². The van der Waals surface area contributed by atoms with Crippen molar-refractivity contribution in [2.45, 2.75) is 33.1 Å². The summed E-state index contributed by atoms with van der Waals surface area (Å²) in [6.07, 6.45) is -3.74. The maximum atomic E-state index is 12.9. The predicted octanol–water partition coefficient (Wildman–Crippen LogP) is 3.10. The van der Waals surface area contributed by atoms with Crippen LogP contribution in [0, 0.1) is 6.92 Å². The molecule has 0 bridgehead atoms. The van der Waals surface area contributed by atoms with E-state index in [2.05, 4.69) is 10.1 Å². The fraction of sp³-hybridized carbons (Fsp3) is 0.312. The van der Waals surface area contributed by atoms with Gasteiger partial charge in [-0.3, -0.25) is 4.79 Å². The van der Waals surface area contributed by atoms with Crippen LogP contribution in [0.25, 0.3) is 11.6 Å². The molecule has 0 aliphatic heterocycles. The van der Waals surface area contributed by atoms with Crippen LogP contribution in [0.4, 0.5) is 13.2 Å². The van der Waals surface area contributed by atoms with E-state index in [0.717, 1.165) is 22.9 Å². The molecule has 25 heavy (non-hydrogen) atoms. The molecule has 0 atom stereocenters. The molecule has 3 heterocycles. The van der Waals surface area contributed by atoms with Gasteiger partial charge in [-0.2, -0.15) is 13.2 Å². The second-order valence-corrected chi connectivity index (χ2v) is 5.46. The zero-order valence-electron chi connectivity index (χ0n) is 13.5. The van der Waals surface area contributed by atoms with E-state index in [-0.39, 0.29) is 6.54 Å². The molecule has 132 valence electrons. The lowest BCUT2D eigenvalue weighted by Crippen LogP contribution is -2.23. The first kappa shape index (κ1) is 17.0. The molecule has 6 nitrogen and oxygen atoms in total. The summed E-state index contributed by atoms with van der Waals surface area (Å²) < 4.78 is 46.5. The normalized spacial score (nSPS) is 11.9. The molecule has 0 unspecified atom stereocenters. The Bertz CT molecular complexity index is 953. The van der Waals surface area contributed by atoms with Gasteiger partial charge in [-0.25, -0.2) is 9.67 Å². The van der Waals surface area contributed by atoms with Gasteiger partial charge in [0, 0.05) is 18.8 Å². The zero-order chi connectivity index (χ0) is 18.2. The van der Waals surface area contributed by atoms with Gasteiger partial charge in [0.25, 0.3) is 5.56 Å². The summed E-state index contributed by atoms with van der Waals surface area (Å²) in [5.74, 6) is 1.85. The fourth-order valence-electron chi connectivity index (χ4n) is 2.38. The largest absolute Gasteiger partial charge is 0.458 e. The first-order chi connectivity index (χ1) is 11.8. The lowest BCUT2D eigenvalue weighted by Gasteiger charge is -2.10. The molecule has 3 aromatic heterocycles. The summed E-state index contributed by atoms with van der Waals surface area (Å²) in [5, 5.41) is 4.28. The minimum atomic E-state index is -4.52. The van der Waals surface area contributed by atoms with Crippen LogP contribution < -0.4 is 5.56 Å². The van der Waals surface area contributed by atoms with Crippen molar-refractivity contribution in [1.29, 1.82) is 0 Å². The number of hydrogen-bond donors (Lipinski definition) is 0. The number of nitrogens with zero attached hydrogens (tertiary/aromatic N) is 4. The SMILES string of the molecule is CCn1nc(-c2ccc(C)o2)nc1Cn1cc(C(F)(F)F)ccc1=O. The van der Waals surface area contributed by atoms with Crippen LogP contribution in [0.5, 0.6) is 0 Å². The molecule has 0 aliphatic rings. The van der Waals surface area contributed by atoms with Crippen LogP contribution in [-0.4, -0.2) is 19.3 Å². The molecule has 0 radical (unpaired) electrons. The Morgan fingerprint density at radius 1 is 1.20 bits per heavy atom. The topological polar surface area (TPSA) is 65.8 Å². The van der Waals surface area contributed by atoms with Crippen LogP contribution in [0.2, 0.25) is 0 Å². The van der Waals surface area contributed by atoms with Crippen LogP contribution in [-0.2, 0) is 19.3 Å². The van der Waals surface area contributed by atoms with Gasteiger partial charge in [-0.05, 0) is 32.0 Å². The smallest absolute Gasteiger partial charge is 0.417 e. The van der Waals surface area contributed by atoms with Gasteiger partial charge in [0.15, 0.2) is 5.76 Å². The van der Waals surface area contributed by atoms with Crippen LogP contribution in [0.15, 0.2) is 39.7 Å². The Hall–Kier alpha value is -2.84. The Morgan fingerprint density at radius 2 is 1.96 bits per heavy atom. The Morgan fingerprint density at radius 3 is 2.56 bits per heavy atom. The summed E-state index contributed by atoms with van der Waals surface area (Å²) in [4.78, 5) is 16.2. The minimum absolute atomic E-state index is 0.122. The molecule has 0 saturated heterocycles. The van der Waals surface area contributed by atoms with E-state index in [1.54, 1.807) is 19.1 Å². The molecule has 3 rings (SSSR count). The number of furan rings is 1. The highest BCUT2D eigenvalue weighted by Crippen LogP contribution is 2.28.